The van der Waals surface area contributed by atoms with Crippen molar-refractivity contribution < 1.29 is 40.7 Å². The summed E-state index contributed by atoms with van der Waals surface area (Å²) in [5, 5.41) is 9.78. The molecule has 0 aliphatic carbocycles. The van der Waals surface area contributed by atoms with Crippen molar-refractivity contribution in [3.8, 4) is 5.75 Å². The molecule has 0 spiro atoms. The molecule has 31 heavy (non-hydrogen) atoms. The molecule has 15 heteroatoms. The van der Waals surface area contributed by atoms with Crippen LogP contribution in [-0.4, -0.2) is 40.7 Å². The van der Waals surface area contributed by atoms with Gasteiger partial charge in [-0.05, 0) is 17.7 Å². The topological polar surface area (TPSA) is 97.3 Å². The van der Waals surface area contributed by atoms with Gasteiger partial charge < -0.3 is 20.7 Å². The van der Waals surface area contributed by atoms with Gasteiger partial charge in [-0.1, -0.05) is 17.7 Å². The van der Waals surface area contributed by atoms with E-state index < -0.39 is 47.5 Å². The van der Waals surface area contributed by atoms with Crippen LogP contribution in [0.4, 0.5) is 31.1 Å². The molecule has 1 aromatic heterocycles. The van der Waals surface area contributed by atoms with Crippen molar-refractivity contribution in [2.45, 2.75) is 24.7 Å². The lowest BCUT2D eigenvalue weighted by molar-refractivity contribution is -0.274. The highest BCUT2D eigenvalue weighted by Gasteiger charge is 2.35. The zero-order valence-electron chi connectivity index (χ0n) is 15.0. The van der Waals surface area contributed by atoms with E-state index >= 15 is 0 Å². The van der Waals surface area contributed by atoms with Gasteiger partial charge in [0.2, 0.25) is 5.91 Å². The number of carbonyl (C=O) groups is 2. The van der Waals surface area contributed by atoms with Gasteiger partial charge in [0.1, 0.15) is 11.8 Å². The maximum absolute atomic E-state index is 12.9. The molecule has 168 valence electrons. The molecule has 1 aliphatic rings. The van der Waals surface area contributed by atoms with Crippen molar-refractivity contribution in [3.63, 3.8) is 0 Å². The second-order valence-electron chi connectivity index (χ2n) is 6.27. The van der Waals surface area contributed by atoms with Gasteiger partial charge in [0.25, 0.3) is 0 Å². The molecule has 0 radical (unpaired) electrons. The number of urea groups is 1. The van der Waals surface area contributed by atoms with Gasteiger partial charge in [0.15, 0.2) is 0 Å². The molecule has 3 N–H and O–H groups in total. The lowest BCUT2D eigenvalue weighted by Gasteiger charge is -2.21. The maximum atomic E-state index is 12.9. The zero-order valence-corrected chi connectivity index (χ0v) is 15.8. The van der Waals surface area contributed by atoms with Gasteiger partial charge in [-0.25, -0.2) is 4.79 Å². The fourth-order valence-corrected chi connectivity index (χ4v) is 2.97. The van der Waals surface area contributed by atoms with Crippen LogP contribution in [0.3, 0.4) is 0 Å². The molecule has 2 atom stereocenters. The smallest absolute Gasteiger partial charge is 0.404 e. The fraction of sp³-hybridized carbons (Fsp3) is 0.312. The highest BCUT2D eigenvalue weighted by Crippen LogP contribution is 2.34. The molecule has 8 nitrogen and oxygen atoms in total. The lowest BCUT2D eigenvalue weighted by Crippen LogP contribution is -2.44. The number of carbonyl (C=O) groups excluding carboxylic acids is 2. The first kappa shape index (κ1) is 22.5. The molecule has 1 saturated heterocycles. The molecule has 2 aromatic rings. The van der Waals surface area contributed by atoms with E-state index in [0.29, 0.717) is 6.20 Å². The largest absolute Gasteiger partial charge is 0.573 e. The predicted molar refractivity (Wildman–Crippen MR) is 92.0 cm³/mol. The Labute approximate surface area is 174 Å². The summed E-state index contributed by atoms with van der Waals surface area (Å²) in [6, 6.07) is 0.0446. The van der Waals surface area contributed by atoms with Gasteiger partial charge in [-0.3, -0.25) is 4.79 Å². The number of benzene rings is 1. The summed E-state index contributed by atoms with van der Waals surface area (Å²) >= 11 is 5.82. The summed E-state index contributed by atoms with van der Waals surface area (Å²) in [5.74, 6) is -1.49. The number of amides is 3. The first-order valence-electron chi connectivity index (χ1n) is 8.35. The molecule has 1 fully saturated rings. The van der Waals surface area contributed by atoms with Crippen LogP contribution in [0.25, 0.3) is 0 Å². The molecule has 1 aliphatic heterocycles. The van der Waals surface area contributed by atoms with Gasteiger partial charge >= 0.3 is 18.7 Å². The van der Waals surface area contributed by atoms with Crippen molar-refractivity contribution >= 4 is 23.5 Å². The van der Waals surface area contributed by atoms with E-state index in [1.807, 2.05) is 0 Å². The van der Waals surface area contributed by atoms with Crippen LogP contribution in [-0.2, 0) is 11.1 Å². The third-order valence-electron chi connectivity index (χ3n) is 4.09. The first-order valence-corrected chi connectivity index (χ1v) is 8.73. The van der Waals surface area contributed by atoms with E-state index in [-0.39, 0.29) is 22.4 Å². The minimum Gasteiger partial charge on any atom is -0.404 e. The highest BCUT2D eigenvalue weighted by atomic mass is 35.5. The van der Waals surface area contributed by atoms with E-state index in [1.165, 1.54) is 0 Å². The van der Waals surface area contributed by atoms with Crippen LogP contribution in [0.15, 0.2) is 30.6 Å². The SMILES string of the molecule is O=C1NCC(C(=O)N[C@@H](c2ccc(OC(F)(F)F)c(Cl)c2)c2cnn(C(F)(F)F)c2)N1. The average Bonchev–Trinajstić information content (AvgIpc) is 3.29. The van der Waals surface area contributed by atoms with E-state index in [1.54, 1.807) is 0 Å². The van der Waals surface area contributed by atoms with Crippen LogP contribution in [0.5, 0.6) is 5.75 Å². The van der Waals surface area contributed by atoms with E-state index in [4.69, 9.17) is 11.6 Å². The highest BCUT2D eigenvalue weighted by molar-refractivity contribution is 6.32. The minimum atomic E-state index is -5.01. The number of alkyl halides is 6. The summed E-state index contributed by atoms with van der Waals surface area (Å²) in [5.41, 5.74) is -0.0876. The van der Waals surface area contributed by atoms with Gasteiger partial charge in [-0.2, -0.15) is 9.78 Å². The van der Waals surface area contributed by atoms with Crippen molar-refractivity contribution in [2.24, 2.45) is 0 Å². The standard InChI is InChI=1S/C16H12ClF6N5O3/c17-9-3-7(1-2-11(9)31-16(21,22)23)12(8-4-25-28(6-8)15(18,19)20)27-13(29)10-5-24-14(30)26-10/h1-4,6,10,12H,5H2,(H,27,29)(H2,24,26,30)/t10?,12-/m0/s1. The molecule has 3 rings (SSSR count). The molecular formula is C16H12ClF6N5O3. The normalized spacial score (nSPS) is 17.6. The number of nitrogens with one attached hydrogen (secondary N) is 3. The van der Waals surface area contributed by atoms with Crippen LogP contribution < -0.4 is 20.7 Å². The Morgan fingerprint density at radius 2 is 1.97 bits per heavy atom. The van der Waals surface area contributed by atoms with Crippen LogP contribution >= 0.6 is 11.6 Å². The molecule has 0 saturated carbocycles. The van der Waals surface area contributed by atoms with E-state index in [2.05, 4.69) is 25.8 Å². The monoisotopic (exact) mass is 471 g/mol. The summed E-state index contributed by atoms with van der Waals surface area (Å²) in [4.78, 5) is 23.7. The van der Waals surface area contributed by atoms with Gasteiger partial charge in [-0.15, -0.1) is 26.3 Å². The third-order valence-corrected chi connectivity index (χ3v) is 4.38. The number of halogens is 7. The molecular weight excluding hydrogens is 460 g/mol. The second-order valence-corrected chi connectivity index (χ2v) is 6.68. The van der Waals surface area contributed by atoms with Gasteiger partial charge in [0.05, 0.1) is 17.3 Å². The van der Waals surface area contributed by atoms with Crippen molar-refractivity contribution in [1.29, 1.82) is 0 Å². The quantitative estimate of drug-likeness (QED) is 0.584. The van der Waals surface area contributed by atoms with Crippen LogP contribution in [0, 0.1) is 0 Å². The molecule has 2 heterocycles. The molecule has 3 amide bonds. The third kappa shape index (κ3) is 5.51. The summed E-state index contributed by atoms with van der Waals surface area (Å²) in [6.45, 7) is -0.0711. The Bertz CT molecular complexity index is 993. The second kappa shape index (κ2) is 8.17. The number of aromatic nitrogens is 2. The lowest BCUT2D eigenvalue weighted by atomic mass is 10.0. The van der Waals surface area contributed by atoms with Crippen molar-refractivity contribution in [1.82, 2.24) is 25.7 Å². The van der Waals surface area contributed by atoms with Crippen LogP contribution in [0.1, 0.15) is 17.2 Å². The van der Waals surface area contributed by atoms with E-state index in [0.717, 1.165) is 24.4 Å². The average molecular weight is 472 g/mol. The maximum Gasteiger partial charge on any atom is 0.573 e. The van der Waals surface area contributed by atoms with E-state index in [9.17, 15) is 35.9 Å². The Balaban J connectivity index is 1.93. The summed E-state index contributed by atoms with van der Waals surface area (Å²) in [6.07, 6.45) is -8.42. The predicted octanol–water partition coefficient (Wildman–Crippen LogP) is 2.80. The Morgan fingerprint density at radius 3 is 2.48 bits per heavy atom. The molecule has 1 aromatic carbocycles. The van der Waals surface area contributed by atoms with Crippen molar-refractivity contribution in [3.05, 3.63) is 46.7 Å². The van der Waals surface area contributed by atoms with Crippen LogP contribution in [0.2, 0.25) is 5.02 Å². The summed E-state index contributed by atoms with van der Waals surface area (Å²) in [7, 11) is 0. The minimum absolute atomic E-state index is 0.0480. The van der Waals surface area contributed by atoms with Crippen molar-refractivity contribution in [2.75, 3.05) is 6.54 Å². The molecule has 0 bridgehead atoms. The fourth-order valence-electron chi connectivity index (χ4n) is 2.74. The zero-order chi connectivity index (χ0) is 23.0. The number of rotatable bonds is 5. The first-order chi connectivity index (χ1) is 14.3. The number of hydrogen-bond acceptors (Lipinski definition) is 4. The number of hydrogen-bond donors (Lipinski definition) is 3. The summed E-state index contributed by atoms with van der Waals surface area (Å²) < 4.78 is 79.5. The number of ether oxygens (including phenoxy) is 1. The Morgan fingerprint density at radius 1 is 1.26 bits per heavy atom. The van der Waals surface area contributed by atoms with Gasteiger partial charge in [0, 0.05) is 18.3 Å². The molecule has 1 unspecified atom stereocenters. The Kier molecular flexibility index (Phi) is 5.93. The number of nitrogens with zero attached hydrogens (tertiary/aromatic N) is 2. The Hall–Kier alpha value is -3.16.